The smallest absolute Gasteiger partial charge is 0.0358 e. The van der Waals surface area contributed by atoms with E-state index >= 15 is 0 Å². The maximum Gasteiger partial charge on any atom is 0.0358 e. The molecule has 0 aromatic carbocycles. The van der Waals surface area contributed by atoms with Gasteiger partial charge in [-0.25, -0.2) is 0 Å². The molecule has 2 unspecified atom stereocenters. The summed E-state index contributed by atoms with van der Waals surface area (Å²) in [6.45, 7) is 8.89. The first kappa shape index (κ1) is 14.3. The second kappa shape index (κ2) is 4.77. The Kier molecular flexibility index (Phi) is 3.79. The summed E-state index contributed by atoms with van der Waals surface area (Å²) >= 11 is 0. The molecule has 3 heteroatoms. The molecule has 0 aliphatic carbocycles. The maximum atomic E-state index is 6.20. The molecule has 2 N–H and O–H groups in total. The number of hydrogen-bond acceptors (Lipinski definition) is 3. The predicted octanol–water partition coefficient (Wildman–Crippen LogP) is 1.92. The van der Waals surface area contributed by atoms with Crippen molar-refractivity contribution in [3.8, 4) is 0 Å². The first-order chi connectivity index (χ1) is 8.27. The van der Waals surface area contributed by atoms with Gasteiger partial charge in [0.05, 0.1) is 0 Å². The van der Waals surface area contributed by atoms with Crippen LogP contribution in [0.25, 0.3) is 0 Å². The molecule has 0 radical (unpaired) electrons. The van der Waals surface area contributed by atoms with E-state index in [2.05, 4.69) is 44.7 Å². The molecule has 0 saturated carbocycles. The van der Waals surface area contributed by atoms with E-state index in [1.165, 1.54) is 25.7 Å². The zero-order valence-electron chi connectivity index (χ0n) is 12.9. The minimum atomic E-state index is 0.242. The van der Waals surface area contributed by atoms with Gasteiger partial charge in [-0.05, 0) is 45.2 Å². The number of piperidine rings is 1. The van der Waals surface area contributed by atoms with E-state index in [4.69, 9.17) is 5.73 Å². The molecule has 2 aliphatic heterocycles. The highest BCUT2D eigenvalue weighted by atomic mass is 15.3. The van der Waals surface area contributed by atoms with Crippen LogP contribution >= 0.6 is 0 Å². The van der Waals surface area contributed by atoms with Crippen molar-refractivity contribution in [1.82, 2.24) is 9.80 Å². The number of nitrogens with two attached hydrogens (primary N) is 1. The molecule has 2 atom stereocenters. The fourth-order valence-electron chi connectivity index (χ4n) is 4.06. The highest BCUT2D eigenvalue weighted by Crippen LogP contribution is 2.42. The van der Waals surface area contributed by atoms with Crippen molar-refractivity contribution in [3.05, 3.63) is 0 Å². The van der Waals surface area contributed by atoms with Crippen molar-refractivity contribution < 1.29 is 0 Å². The van der Waals surface area contributed by atoms with E-state index in [1.54, 1.807) is 0 Å². The first-order valence-electron chi connectivity index (χ1n) is 7.41. The molecule has 0 aromatic rings. The number of fused-ring (bicyclic) bond motifs is 2. The second-order valence-corrected chi connectivity index (χ2v) is 7.80. The molecule has 0 amide bonds. The maximum absolute atomic E-state index is 6.20. The van der Waals surface area contributed by atoms with Crippen molar-refractivity contribution in [2.45, 2.75) is 64.1 Å². The Morgan fingerprint density at radius 2 is 1.72 bits per heavy atom. The molecule has 0 aromatic heterocycles. The molecule has 3 nitrogen and oxygen atoms in total. The van der Waals surface area contributed by atoms with Crippen LogP contribution in [0, 0.1) is 5.41 Å². The van der Waals surface area contributed by atoms with Gasteiger partial charge in [-0.2, -0.15) is 0 Å². The minimum absolute atomic E-state index is 0.242. The highest BCUT2D eigenvalue weighted by Gasteiger charge is 2.48. The quantitative estimate of drug-likeness (QED) is 0.834. The van der Waals surface area contributed by atoms with Gasteiger partial charge in [-0.3, -0.25) is 4.90 Å². The number of likely N-dealkylation sites (N-methyl/N-ethyl adjacent to an activating group) is 1. The summed E-state index contributed by atoms with van der Waals surface area (Å²) in [6.07, 6.45) is 5.24. The van der Waals surface area contributed by atoms with E-state index < -0.39 is 0 Å². The molecule has 106 valence electrons. The summed E-state index contributed by atoms with van der Waals surface area (Å²) in [5.41, 5.74) is 6.78. The molecule has 0 spiro atoms. The molecule has 2 rings (SSSR count). The molecular formula is C15H31N3. The summed E-state index contributed by atoms with van der Waals surface area (Å²) in [6, 6.07) is 1.52. The van der Waals surface area contributed by atoms with Gasteiger partial charge >= 0.3 is 0 Å². The molecule has 2 aliphatic rings. The SMILES string of the molecule is CN1C2CCC1CC(CN)(N(C)CC(C)(C)C)C2. The van der Waals surface area contributed by atoms with Gasteiger partial charge in [-0.1, -0.05) is 20.8 Å². The minimum Gasteiger partial charge on any atom is -0.329 e. The fourth-order valence-corrected chi connectivity index (χ4v) is 4.06. The topological polar surface area (TPSA) is 32.5 Å². The second-order valence-electron chi connectivity index (χ2n) is 7.80. The zero-order chi connectivity index (χ0) is 13.6. The molecule has 2 fully saturated rings. The van der Waals surface area contributed by atoms with Crippen LogP contribution in [-0.2, 0) is 0 Å². The Balaban J connectivity index is 2.12. The van der Waals surface area contributed by atoms with Crippen LogP contribution in [0.15, 0.2) is 0 Å². The van der Waals surface area contributed by atoms with Crippen LogP contribution in [-0.4, -0.2) is 54.6 Å². The summed E-state index contributed by atoms with van der Waals surface area (Å²) in [5.74, 6) is 0. The summed E-state index contributed by atoms with van der Waals surface area (Å²) in [5, 5.41) is 0. The fraction of sp³-hybridized carbons (Fsp3) is 1.00. The van der Waals surface area contributed by atoms with Crippen molar-refractivity contribution in [2.75, 3.05) is 27.2 Å². The van der Waals surface area contributed by atoms with Crippen molar-refractivity contribution in [2.24, 2.45) is 11.1 Å². The molecule has 2 saturated heterocycles. The lowest BCUT2D eigenvalue weighted by molar-refractivity contribution is 0.000745. The summed E-state index contributed by atoms with van der Waals surface area (Å²) < 4.78 is 0. The lowest BCUT2D eigenvalue weighted by atomic mass is 9.80. The summed E-state index contributed by atoms with van der Waals surface area (Å²) in [7, 11) is 4.58. The predicted molar refractivity (Wildman–Crippen MR) is 77.7 cm³/mol. The van der Waals surface area contributed by atoms with E-state index in [0.29, 0.717) is 5.41 Å². The largest absolute Gasteiger partial charge is 0.329 e. The Morgan fingerprint density at radius 3 is 2.11 bits per heavy atom. The number of rotatable bonds is 3. The van der Waals surface area contributed by atoms with E-state index in [1.807, 2.05) is 0 Å². The van der Waals surface area contributed by atoms with Crippen LogP contribution in [0.5, 0.6) is 0 Å². The molecule has 2 bridgehead atoms. The van der Waals surface area contributed by atoms with Crippen molar-refractivity contribution in [1.29, 1.82) is 0 Å². The standard InChI is InChI=1S/C15H31N3/c1-14(2,3)11-17(4)15(10-16)8-12-6-7-13(9-15)18(12)5/h12-13H,6-11,16H2,1-5H3. The highest BCUT2D eigenvalue weighted by molar-refractivity contribution is 5.06. The molecular weight excluding hydrogens is 222 g/mol. The van der Waals surface area contributed by atoms with Crippen molar-refractivity contribution >= 4 is 0 Å². The monoisotopic (exact) mass is 253 g/mol. The van der Waals surface area contributed by atoms with E-state index in [0.717, 1.165) is 25.2 Å². The normalized spacial score (nSPS) is 37.5. The van der Waals surface area contributed by atoms with Crippen LogP contribution < -0.4 is 5.73 Å². The van der Waals surface area contributed by atoms with Gasteiger partial charge in [0.2, 0.25) is 0 Å². The lowest BCUT2D eigenvalue weighted by Gasteiger charge is -2.51. The van der Waals surface area contributed by atoms with Crippen LogP contribution in [0.1, 0.15) is 46.5 Å². The van der Waals surface area contributed by atoms with E-state index in [-0.39, 0.29) is 5.54 Å². The third-order valence-electron chi connectivity index (χ3n) is 5.12. The van der Waals surface area contributed by atoms with Crippen LogP contribution in [0.4, 0.5) is 0 Å². The molecule has 18 heavy (non-hydrogen) atoms. The van der Waals surface area contributed by atoms with E-state index in [9.17, 15) is 0 Å². The van der Waals surface area contributed by atoms with Gasteiger partial charge in [0.25, 0.3) is 0 Å². The Labute approximate surface area is 113 Å². The number of nitrogens with zero attached hydrogens (tertiary/aromatic N) is 2. The van der Waals surface area contributed by atoms with Crippen LogP contribution in [0.2, 0.25) is 0 Å². The molecule has 2 heterocycles. The third-order valence-corrected chi connectivity index (χ3v) is 5.12. The first-order valence-corrected chi connectivity index (χ1v) is 7.41. The lowest BCUT2D eigenvalue weighted by Crippen LogP contribution is -2.61. The van der Waals surface area contributed by atoms with Gasteiger partial charge in [0.15, 0.2) is 0 Å². The van der Waals surface area contributed by atoms with Gasteiger partial charge in [0.1, 0.15) is 0 Å². The van der Waals surface area contributed by atoms with Gasteiger partial charge in [-0.15, -0.1) is 0 Å². The van der Waals surface area contributed by atoms with Crippen LogP contribution in [0.3, 0.4) is 0 Å². The Bertz CT molecular complexity index is 281. The van der Waals surface area contributed by atoms with Gasteiger partial charge < -0.3 is 10.6 Å². The average molecular weight is 253 g/mol. The van der Waals surface area contributed by atoms with Crippen molar-refractivity contribution in [3.63, 3.8) is 0 Å². The number of hydrogen-bond donors (Lipinski definition) is 1. The Morgan fingerprint density at radius 1 is 1.22 bits per heavy atom. The zero-order valence-corrected chi connectivity index (χ0v) is 12.9. The Hall–Kier alpha value is -0.120. The van der Waals surface area contributed by atoms with Gasteiger partial charge in [0, 0.05) is 30.7 Å². The summed E-state index contributed by atoms with van der Waals surface area (Å²) in [4.78, 5) is 5.16. The third kappa shape index (κ3) is 2.59. The average Bonchev–Trinajstić information content (AvgIpc) is 2.51.